The molecule has 0 spiro atoms. The number of amides is 1. The number of rotatable bonds is 5. The summed E-state index contributed by atoms with van der Waals surface area (Å²) >= 11 is 0. The van der Waals surface area contributed by atoms with Crippen molar-refractivity contribution in [2.45, 2.75) is 37.7 Å². The van der Waals surface area contributed by atoms with Crippen LogP contribution in [0.15, 0.2) is 54.6 Å². The number of ether oxygens (including phenoxy) is 1. The number of hydrogen-bond donors (Lipinski definition) is 0. The number of carbonyl (C=O) groups is 1. The molecule has 0 radical (unpaired) electrons. The molecule has 0 N–H and O–H groups in total. The van der Waals surface area contributed by atoms with E-state index in [2.05, 4.69) is 16.2 Å². The van der Waals surface area contributed by atoms with E-state index in [0.717, 1.165) is 37.2 Å². The molecule has 2 aliphatic rings. The fraction of sp³-hybridized carbons (Fsp3) is 0.333. The summed E-state index contributed by atoms with van der Waals surface area (Å²) in [5, 5.41) is 13.6. The molecular weight excluding hydrogens is 390 g/mol. The van der Waals surface area contributed by atoms with E-state index in [9.17, 15) is 4.79 Å². The molecule has 1 aromatic heterocycles. The molecule has 156 valence electrons. The van der Waals surface area contributed by atoms with Gasteiger partial charge in [0.1, 0.15) is 17.7 Å². The van der Waals surface area contributed by atoms with Gasteiger partial charge in [0.15, 0.2) is 0 Å². The van der Waals surface area contributed by atoms with Gasteiger partial charge in [0.05, 0.1) is 17.3 Å². The quantitative estimate of drug-likeness (QED) is 0.637. The highest BCUT2D eigenvalue weighted by Crippen LogP contribution is 2.39. The Hall–Kier alpha value is -3.66. The molecule has 3 aromatic rings. The van der Waals surface area contributed by atoms with Crippen LogP contribution in [-0.2, 0) is 0 Å². The Kier molecular flexibility index (Phi) is 5.13. The Balaban J connectivity index is 1.26. The minimum atomic E-state index is -0.124. The third kappa shape index (κ3) is 4.15. The van der Waals surface area contributed by atoms with Crippen molar-refractivity contribution in [3.8, 4) is 17.5 Å². The van der Waals surface area contributed by atoms with Crippen molar-refractivity contribution in [1.29, 1.82) is 5.26 Å². The summed E-state index contributed by atoms with van der Waals surface area (Å²) in [7, 11) is 0. The lowest BCUT2D eigenvalue weighted by atomic mass is 10.1. The number of hydrogen-bond acceptors (Lipinski definition) is 5. The maximum Gasteiger partial charge on any atom is 0.293 e. The first-order valence-electron chi connectivity index (χ1n) is 10.7. The average Bonchev–Trinajstić information content (AvgIpc) is 3.58. The summed E-state index contributed by atoms with van der Waals surface area (Å²) in [6.07, 6.45) is 3.67. The Morgan fingerprint density at radius 3 is 2.52 bits per heavy atom. The molecule has 1 saturated carbocycles. The van der Waals surface area contributed by atoms with E-state index in [4.69, 9.17) is 10.00 Å². The van der Waals surface area contributed by atoms with Crippen LogP contribution in [-0.4, -0.2) is 44.8 Å². The maximum absolute atomic E-state index is 13.1. The zero-order valence-electron chi connectivity index (χ0n) is 17.1. The van der Waals surface area contributed by atoms with Crippen LogP contribution >= 0.6 is 0 Å². The van der Waals surface area contributed by atoms with Gasteiger partial charge < -0.3 is 9.64 Å². The molecule has 7 nitrogen and oxygen atoms in total. The van der Waals surface area contributed by atoms with Gasteiger partial charge >= 0.3 is 0 Å². The van der Waals surface area contributed by atoms with Crippen molar-refractivity contribution in [1.82, 2.24) is 19.7 Å². The third-order valence-electron chi connectivity index (χ3n) is 5.76. The van der Waals surface area contributed by atoms with Gasteiger partial charge in [-0.3, -0.25) is 4.79 Å². The van der Waals surface area contributed by atoms with Gasteiger partial charge in [-0.15, -0.1) is 5.10 Å². The second kappa shape index (κ2) is 8.23. The average molecular weight is 413 g/mol. The van der Waals surface area contributed by atoms with Crippen LogP contribution in [0.5, 0.6) is 5.75 Å². The molecule has 1 amide bonds. The topological polar surface area (TPSA) is 84.0 Å². The molecule has 31 heavy (non-hydrogen) atoms. The smallest absolute Gasteiger partial charge is 0.293 e. The molecule has 1 aliphatic carbocycles. The number of nitriles is 1. The van der Waals surface area contributed by atoms with Gasteiger partial charge in [0.2, 0.25) is 5.82 Å². The summed E-state index contributed by atoms with van der Waals surface area (Å²) in [6.45, 7) is 1.19. The maximum atomic E-state index is 13.1. The molecular formula is C24H23N5O2. The summed E-state index contributed by atoms with van der Waals surface area (Å²) in [5.41, 5.74) is 1.51. The minimum Gasteiger partial charge on any atom is -0.490 e. The highest BCUT2D eigenvalue weighted by molar-refractivity contribution is 5.90. The molecule has 0 unspecified atom stereocenters. The van der Waals surface area contributed by atoms with Crippen LogP contribution in [0, 0.1) is 11.3 Å². The number of aromatic nitrogens is 3. The van der Waals surface area contributed by atoms with Gasteiger partial charge in [-0.1, -0.05) is 24.3 Å². The summed E-state index contributed by atoms with van der Waals surface area (Å²) in [4.78, 5) is 19.5. The van der Waals surface area contributed by atoms with Crippen LogP contribution in [0.3, 0.4) is 0 Å². The predicted octanol–water partition coefficient (Wildman–Crippen LogP) is 3.70. The van der Waals surface area contributed by atoms with E-state index in [0.29, 0.717) is 30.3 Å². The number of nitrogens with zero attached hydrogens (tertiary/aromatic N) is 5. The summed E-state index contributed by atoms with van der Waals surface area (Å²) in [5.74, 6) is 2.11. The fourth-order valence-corrected chi connectivity index (χ4v) is 3.93. The standard InChI is InChI=1S/C24H23N5O2/c25-16-17-5-4-8-21(15-17)31-20-11-13-28(14-12-20)24(30)22-26-23(18-9-10-18)29(27-22)19-6-2-1-3-7-19/h1-8,15,18,20H,9-14H2. The van der Waals surface area contributed by atoms with E-state index in [1.165, 1.54) is 0 Å². The Labute approximate surface area is 180 Å². The SMILES string of the molecule is N#Cc1cccc(OC2CCN(C(=O)c3nc(C4CC4)n(-c4ccccc4)n3)CC2)c1. The monoisotopic (exact) mass is 413 g/mol. The number of para-hydroxylation sites is 1. The van der Waals surface area contributed by atoms with Crippen molar-refractivity contribution in [3.63, 3.8) is 0 Å². The molecule has 2 fully saturated rings. The lowest BCUT2D eigenvalue weighted by Crippen LogP contribution is -2.42. The highest BCUT2D eigenvalue weighted by Gasteiger charge is 2.33. The van der Waals surface area contributed by atoms with E-state index >= 15 is 0 Å². The van der Waals surface area contributed by atoms with Gasteiger partial charge in [-0.2, -0.15) is 5.26 Å². The normalized spacial score (nSPS) is 16.7. The van der Waals surface area contributed by atoms with Gasteiger partial charge in [0, 0.05) is 31.8 Å². The van der Waals surface area contributed by atoms with Gasteiger partial charge in [0.25, 0.3) is 5.91 Å². The largest absolute Gasteiger partial charge is 0.490 e. The summed E-state index contributed by atoms with van der Waals surface area (Å²) in [6, 6.07) is 19.2. The van der Waals surface area contributed by atoms with Crippen molar-refractivity contribution in [2.75, 3.05) is 13.1 Å². The first kappa shape index (κ1) is 19.3. The Morgan fingerprint density at radius 1 is 1.03 bits per heavy atom. The van der Waals surface area contributed by atoms with Crippen molar-refractivity contribution < 1.29 is 9.53 Å². The van der Waals surface area contributed by atoms with E-state index in [-0.39, 0.29) is 17.8 Å². The van der Waals surface area contributed by atoms with Gasteiger partial charge in [-0.25, -0.2) is 9.67 Å². The second-order valence-electron chi connectivity index (χ2n) is 8.06. The molecule has 7 heteroatoms. The fourth-order valence-electron chi connectivity index (χ4n) is 3.93. The molecule has 2 aromatic carbocycles. The molecule has 5 rings (SSSR count). The zero-order chi connectivity index (χ0) is 21.2. The molecule has 2 heterocycles. The first-order valence-corrected chi connectivity index (χ1v) is 10.7. The van der Waals surface area contributed by atoms with Crippen LogP contribution < -0.4 is 4.74 Å². The number of likely N-dealkylation sites (tertiary alicyclic amines) is 1. The molecule has 1 aliphatic heterocycles. The lowest BCUT2D eigenvalue weighted by Gasteiger charge is -2.31. The minimum absolute atomic E-state index is 0.0230. The second-order valence-corrected chi connectivity index (χ2v) is 8.06. The van der Waals surface area contributed by atoms with Crippen molar-refractivity contribution >= 4 is 5.91 Å². The zero-order valence-corrected chi connectivity index (χ0v) is 17.1. The molecule has 0 bridgehead atoms. The van der Waals surface area contributed by atoms with E-state index in [1.807, 2.05) is 52.0 Å². The van der Waals surface area contributed by atoms with Gasteiger partial charge in [-0.05, 0) is 43.2 Å². The molecule has 1 saturated heterocycles. The Morgan fingerprint density at radius 2 is 1.81 bits per heavy atom. The number of carbonyl (C=O) groups excluding carboxylic acids is 1. The van der Waals surface area contributed by atoms with Crippen LogP contribution in [0.4, 0.5) is 0 Å². The van der Waals surface area contributed by atoms with Crippen LogP contribution in [0.2, 0.25) is 0 Å². The number of benzene rings is 2. The third-order valence-corrected chi connectivity index (χ3v) is 5.76. The van der Waals surface area contributed by atoms with Crippen molar-refractivity contribution in [2.24, 2.45) is 0 Å². The summed E-state index contributed by atoms with van der Waals surface area (Å²) < 4.78 is 7.85. The Bertz CT molecular complexity index is 1120. The molecule has 0 atom stereocenters. The van der Waals surface area contributed by atoms with Crippen molar-refractivity contribution in [3.05, 3.63) is 71.8 Å². The lowest BCUT2D eigenvalue weighted by molar-refractivity contribution is 0.0584. The van der Waals surface area contributed by atoms with Crippen LogP contribution in [0.25, 0.3) is 5.69 Å². The first-order chi connectivity index (χ1) is 15.2. The van der Waals surface area contributed by atoms with E-state index in [1.54, 1.807) is 12.1 Å². The highest BCUT2D eigenvalue weighted by atomic mass is 16.5. The van der Waals surface area contributed by atoms with Crippen LogP contribution in [0.1, 0.15) is 53.6 Å². The van der Waals surface area contributed by atoms with E-state index < -0.39 is 0 Å². The number of piperidine rings is 1. The predicted molar refractivity (Wildman–Crippen MR) is 114 cm³/mol.